The van der Waals surface area contributed by atoms with Crippen molar-refractivity contribution < 1.29 is 4.39 Å². The molecule has 11 heterocycles. The Morgan fingerprint density at radius 3 is 0.879 bits per heavy atom. The van der Waals surface area contributed by atoms with E-state index < -0.39 is 0 Å². The number of pyridine rings is 3. The zero-order chi connectivity index (χ0) is 99.4. The van der Waals surface area contributed by atoms with E-state index in [2.05, 4.69) is 157 Å². The first kappa shape index (κ1) is 97.3. The monoisotopic (exact) mass is 1890 g/mol. The third-order valence-electron chi connectivity index (χ3n) is 24.5. The van der Waals surface area contributed by atoms with Crippen molar-refractivity contribution in [2.75, 3.05) is 21.3 Å². The van der Waals surface area contributed by atoms with Crippen molar-refractivity contribution in [1.29, 1.82) is 0 Å². The molecule has 0 aliphatic rings. The molecule has 0 atom stereocenters. The van der Waals surface area contributed by atoms with Crippen LogP contribution in [0.1, 0.15) is 90.1 Å². The van der Waals surface area contributed by atoms with E-state index in [9.17, 15) is 42.7 Å². The molecule has 4 N–H and O–H groups in total. The molecule has 0 aliphatic heterocycles. The lowest BCUT2D eigenvalue weighted by atomic mass is 10.1. The highest BCUT2D eigenvalue weighted by Crippen LogP contribution is 2.35. The van der Waals surface area contributed by atoms with Crippen LogP contribution in [-0.2, 0) is 87.0 Å². The summed E-state index contributed by atoms with van der Waals surface area (Å²) in [5.74, 6) is 3.18. The van der Waals surface area contributed by atoms with E-state index in [4.69, 9.17) is 0 Å². The Bertz CT molecular complexity index is 8100. The van der Waals surface area contributed by atoms with Crippen molar-refractivity contribution in [2.45, 2.75) is 121 Å². The summed E-state index contributed by atoms with van der Waals surface area (Å²) in [5.41, 5.74) is 14.4. The van der Waals surface area contributed by atoms with Crippen LogP contribution in [0.25, 0.3) is 77.4 Å². The minimum absolute atomic E-state index is 0.169. The SMILES string of the molecule is CC(C)Cn1c(=O)n(C)c(=O)c2c(Nc3ccccc3)n(Cc3ccc(-c4ccccn4)cc3)cc21.CC(C)Cn1c(=O)n(C)c(=O)c2cn(Cc3ccc(-c4ccccn4)cc3)c(Nc3cccc(F)c3)c21.CC(C)Cn1c(=O)n(C)c(=O)c2cn(Cc3ccc(-c4ccccn4)cc3)c(Nc3ccccc3)c21.CCc1ccc(Cn2cc3c(c2Nc2ccccc2)c(=O)n(C)c(=O)n3CC(C)C)cc1. The average Bonchev–Trinajstić information content (AvgIpc) is 1.62. The minimum Gasteiger partial charge on any atom is -0.341 e. The molecule has 19 rings (SSSR count). The van der Waals surface area contributed by atoms with E-state index in [1.54, 1.807) is 76.3 Å². The number of para-hydroxylation sites is 3. The zero-order valence-electron chi connectivity index (χ0n) is 81.5. The minimum atomic E-state index is -0.383. The number of fused-ring (bicyclic) bond motifs is 4. The second kappa shape index (κ2) is 43.3. The van der Waals surface area contributed by atoms with E-state index in [0.29, 0.717) is 119 Å². The highest BCUT2D eigenvalue weighted by Gasteiger charge is 2.27. The maximum Gasteiger partial charge on any atom is 0.331 e. The fourth-order valence-corrected chi connectivity index (χ4v) is 17.5. The van der Waals surface area contributed by atoms with Crippen molar-refractivity contribution in [3.8, 4) is 33.8 Å². The van der Waals surface area contributed by atoms with Gasteiger partial charge < -0.3 is 39.5 Å². The van der Waals surface area contributed by atoms with Crippen LogP contribution in [0, 0.1) is 29.5 Å². The number of nitrogens with one attached hydrogen (secondary N) is 4. The number of benzene rings is 8. The number of hydrogen-bond acceptors (Lipinski definition) is 15. The lowest BCUT2D eigenvalue weighted by Gasteiger charge is -2.16. The van der Waals surface area contributed by atoms with Crippen LogP contribution in [-0.4, -0.2) is 69.8 Å². The van der Waals surface area contributed by atoms with Crippen LogP contribution < -0.4 is 66.3 Å². The van der Waals surface area contributed by atoms with Gasteiger partial charge in [-0.2, -0.15) is 0 Å². The molecule has 0 aliphatic carbocycles. The molecule has 19 aromatic rings. The second-order valence-corrected chi connectivity index (χ2v) is 37.1. The first-order valence-electron chi connectivity index (χ1n) is 47.4. The summed E-state index contributed by atoms with van der Waals surface area (Å²) < 4.78 is 33.5. The summed E-state index contributed by atoms with van der Waals surface area (Å²) in [7, 11) is 6.13. The highest BCUT2D eigenvalue weighted by atomic mass is 19.1. The number of rotatable bonds is 28. The molecule has 141 heavy (non-hydrogen) atoms. The van der Waals surface area contributed by atoms with Crippen LogP contribution in [0.15, 0.2) is 349 Å². The number of anilines is 8. The Morgan fingerprint density at radius 1 is 0.291 bits per heavy atom. The van der Waals surface area contributed by atoms with E-state index >= 15 is 0 Å². The third kappa shape index (κ3) is 21.9. The fraction of sp³-hybridized carbons (Fsp3) is 0.230. The molecule has 8 aromatic carbocycles. The molecule has 27 nitrogen and oxygen atoms in total. The van der Waals surface area contributed by atoms with Crippen molar-refractivity contribution in [3.63, 3.8) is 0 Å². The van der Waals surface area contributed by atoms with Gasteiger partial charge in [-0.1, -0.05) is 238 Å². The molecular formula is C113H116FN19O8. The first-order valence-corrected chi connectivity index (χ1v) is 47.4. The summed E-state index contributed by atoms with van der Waals surface area (Å²) in [6.45, 7) is 22.7. The van der Waals surface area contributed by atoms with Gasteiger partial charge in [0.1, 0.15) is 50.9 Å². The van der Waals surface area contributed by atoms with E-state index in [1.165, 1.54) is 38.4 Å². The van der Waals surface area contributed by atoms with Gasteiger partial charge in [0, 0.05) is 163 Å². The highest BCUT2D eigenvalue weighted by molar-refractivity contribution is 5.95. The Kier molecular flexibility index (Phi) is 29.9. The smallest absolute Gasteiger partial charge is 0.331 e. The van der Waals surface area contributed by atoms with Crippen molar-refractivity contribution in [2.24, 2.45) is 51.9 Å². The van der Waals surface area contributed by atoms with E-state index in [-0.39, 0.29) is 74.5 Å². The number of aromatic nitrogens is 15. The molecule has 28 heteroatoms. The van der Waals surface area contributed by atoms with Gasteiger partial charge in [-0.3, -0.25) is 70.7 Å². The molecule has 0 unspecified atom stereocenters. The van der Waals surface area contributed by atoms with Gasteiger partial charge in [0.15, 0.2) is 0 Å². The summed E-state index contributed by atoms with van der Waals surface area (Å²) in [4.78, 5) is 118. The molecule has 0 fully saturated rings. The quantitative estimate of drug-likeness (QED) is 0.0355. The molecule has 0 saturated heterocycles. The Labute approximate surface area is 814 Å². The zero-order valence-corrected chi connectivity index (χ0v) is 81.5. The average molecular weight is 1890 g/mol. The maximum absolute atomic E-state index is 14.0. The summed E-state index contributed by atoms with van der Waals surface area (Å²) in [6, 6.07) is 86.0. The summed E-state index contributed by atoms with van der Waals surface area (Å²) >= 11 is 0. The Morgan fingerprint density at radius 2 is 0.567 bits per heavy atom. The molecule has 0 amide bonds. The van der Waals surface area contributed by atoms with E-state index in [0.717, 1.165) is 89.9 Å². The van der Waals surface area contributed by atoms with Crippen molar-refractivity contribution in [3.05, 3.63) is 427 Å². The van der Waals surface area contributed by atoms with Gasteiger partial charge in [-0.25, -0.2) is 23.6 Å². The molecule has 11 aromatic heterocycles. The van der Waals surface area contributed by atoms with Gasteiger partial charge in [0.25, 0.3) is 22.2 Å². The standard InChI is InChI=1S/C29H28FN5O2.2C29H29N5O2.C26H30N4O2/c1-19(2)16-35-26-24(28(36)33(3)29(35)37)18-34(27(26)32-23-8-6-7-22(30)15-23)17-20-10-12-21(13-11-20)25-9-4-5-14-31-25;1-20(2)17-34-26-24(28(35)32(3)29(34)36)19-33(27(26)31-23-9-5-4-6-10-23)18-21-12-14-22(15-13-21)25-11-7-8-16-30-25;1-20(2)17-34-25-19-33(18-21-12-14-22(15-13-21)24-11-7-8-16-30-24)27(31-23-9-5-4-6-10-23)26(25)28(35)32(3)29(34)36;1-5-19-11-13-20(14-12-19)16-29-17-22-23(24(29)27-21-9-7-6-8-10-21)25(31)28(4)26(32)30(22)15-18(2)3/h4-15,18-19,32H,16-17H2,1-3H3;2*4-16,19-20,31H,17-18H2,1-3H3;6-14,17-18,27H,5,15-16H2,1-4H3. The molecule has 0 radical (unpaired) electrons. The molecule has 0 saturated carbocycles. The normalized spacial score (nSPS) is 11.4. The summed E-state index contributed by atoms with van der Waals surface area (Å²) in [5, 5.41) is 15.6. The van der Waals surface area contributed by atoms with Gasteiger partial charge in [-0.05, 0) is 149 Å². The van der Waals surface area contributed by atoms with Crippen LogP contribution in [0.3, 0.4) is 0 Å². The van der Waals surface area contributed by atoms with Crippen LogP contribution in [0.2, 0.25) is 0 Å². The first-order chi connectivity index (χ1) is 68.0. The number of hydrogen-bond donors (Lipinski definition) is 4. The predicted molar refractivity (Wildman–Crippen MR) is 565 cm³/mol. The van der Waals surface area contributed by atoms with E-state index in [1.807, 2.05) is 221 Å². The Balaban J connectivity index is 0.000000136. The van der Waals surface area contributed by atoms with Gasteiger partial charge >= 0.3 is 22.8 Å². The lowest BCUT2D eigenvalue weighted by molar-refractivity contribution is 0.502. The maximum atomic E-state index is 14.0. The van der Waals surface area contributed by atoms with Crippen LogP contribution in [0.5, 0.6) is 0 Å². The predicted octanol–water partition coefficient (Wildman–Crippen LogP) is 19.7. The Hall–Kier alpha value is -16.8. The van der Waals surface area contributed by atoms with Crippen molar-refractivity contribution >= 4 is 89.6 Å². The third-order valence-corrected chi connectivity index (χ3v) is 24.5. The van der Waals surface area contributed by atoms with Crippen LogP contribution >= 0.6 is 0 Å². The number of nitrogens with zero attached hydrogens (tertiary/aromatic N) is 15. The van der Waals surface area contributed by atoms with Gasteiger partial charge in [0.05, 0.1) is 38.9 Å². The van der Waals surface area contributed by atoms with Gasteiger partial charge in [0.2, 0.25) is 0 Å². The fourth-order valence-electron chi connectivity index (χ4n) is 17.5. The molecule has 0 spiro atoms. The van der Waals surface area contributed by atoms with Crippen LogP contribution in [0.4, 0.5) is 50.4 Å². The molecule has 718 valence electrons. The lowest BCUT2D eigenvalue weighted by Crippen LogP contribution is -2.38. The molecule has 0 bridgehead atoms. The molecular weight excluding hydrogens is 1770 g/mol. The largest absolute Gasteiger partial charge is 0.341 e. The number of halogens is 1. The van der Waals surface area contributed by atoms with Gasteiger partial charge in [-0.15, -0.1) is 0 Å². The van der Waals surface area contributed by atoms with Crippen molar-refractivity contribution in [1.82, 2.24) is 69.8 Å². The summed E-state index contributed by atoms with van der Waals surface area (Å²) in [6.07, 6.45) is 13.8. The topological polar surface area (TPSA) is 283 Å². The number of aryl methyl sites for hydroxylation is 1. The second-order valence-electron chi connectivity index (χ2n) is 37.1.